The number of halogens is 3. The van der Waals surface area contributed by atoms with E-state index in [1.807, 2.05) is 23.1 Å². The standard InChI is InChI=1S/C27H28Cl3N3O3/c28-21-3-2-19(16-22(21)29)24-5-6-26(36-24)27(34)33-13-11-32(12-14-33)17-18-1-4-25(23(30)15-18)35-20-7-9-31-10-8-20/h1-6,15-16,20,31H,7-14,17H2. The van der Waals surface area contributed by atoms with Crippen LogP contribution in [-0.2, 0) is 6.54 Å². The third kappa shape index (κ3) is 6.01. The van der Waals surface area contributed by atoms with E-state index in [0.717, 1.165) is 62.4 Å². The van der Waals surface area contributed by atoms with E-state index in [1.54, 1.807) is 24.3 Å². The lowest BCUT2D eigenvalue weighted by molar-refractivity contribution is 0.0598. The van der Waals surface area contributed by atoms with Crippen LogP contribution in [0.25, 0.3) is 11.3 Å². The minimum absolute atomic E-state index is 0.108. The SMILES string of the molecule is O=C(c1ccc(-c2ccc(Cl)c(Cl)c2)o1)N1CCN(Cc2ccc(OC3CCNCC3)c(Cl)c2)CC1. The molecule has 6 nitrogen and oxygen atoms in total. The van der Waals surface area contributed by atoms with E-state index >= 15 is 0 Å². The molecule has 5 rings (SSSR count). The van der Waals surface area contributed by atoms with Crippen LogP contribution < -0.4 is 10.1 Å². The van der Waals surface area contributed by atoms with Gasteiger partial charge in [0.05, 0.1) is 15.1 Å². The second-order valence-corrected chi connectivity index (χ2v) is 10.4. The maximum Gasteiger partial charge on any atom is 0.289 e. The van der Waals surface area contributed by atoms with Crippen molar-refractivity contribution in [3.8, 4) is 17.1 Å². The second-order valence-electron chi connectivity index (χ2n) is 9.19. The first-order chi connectivity index (χ1) is 17.5. The van der Waals surface area contributed by atoms with Crippen LogP contribution in [0.1, 0.15) is 29.0 Å². The summed E-state index contributed by atoms with van der Waals surface area (Å²) in [7, 11) is 0. The van der Waals surface area contributed by atoms with Gasteiger partial charge < -0.3 is 19.4 Å². The highest BCUT2D eigenvalue weighted by atomic mass is 35.5. The average molecular weight is 549 g/mol. The molecule has 0 bridgehead atoms. The first kappa shape index (κ1) is 25.4. The number of benzene rings is 2. The molecule has 2 saturated heterocycles. The normalized spacial score (nSPS) is 17.4. The predicted octanol–water partition coefficient (Wildman–Crippen LogP) is 6.00. The number of piperidine rings is 1. The molecule has 2 fully saturated rings. The summed E-state index contributed by atoms with van der Waals surface area (Å²) in [6.45, 7) is 5.55. The van der Waals surface area contributed by atoms with Crippen molar-refractivity contribution in [2.45, 2.75) is 25.5 Å². The highest BCUT2D eigenvalue weighted by Gasteiger charge is 2.25. The number of amides is 1. The van der Waals surface area contributed by atoms with Crippen molar-refractivity contribution in [1.29, 1.82) is 0 Å². The van der Waals surface area contributed by atoms with E-state index in [9.17, 15) is 4.79 Å². The molecule has 190 valence electrons. The summed E-state index contributed by atoms with van der Waals surface area (Å²) >= 11 is 18.6. The van der Waals surface area contributed by atoms with Crippen LogP contribution in [0.3, 0.4) is 0 Å². The third-order valence-corrected chi connectivity index (χ3v) is 7.70. The van der Waals surface area contributed by atoms with Crippen LogP contribution in [0.5, 0.6) is 5.75 Å². The van der Waals surface area contributed by atoms with Crippen molar-refractivity contribution in [2.24, 2.45) is 0 Å². The summed E-state index contributed by atoms with van der Waals surface area (Å²) in [6, 6.07) is 14.8. The molecule has 1 amide bonds. The number of nitrogens with zero attached hydrogens (tertiary/aromatic N) is 2. The highest BCUT2D eigenvalue weighted by Crippen LogP contribution is 2.31. The number of carbonyl (C=O) groups excluding carboxylic acids is 1. The van der Waals surface area contributed by atoms with Gasteiger partial charge in [0.25, 0.3) is 5.91 Å². The van der Waals surface area contributed by atoms with Gasteiger partial charge in [-0.05, 0) is 74.0 Å². The molecule has 0 unspecified atom stereocenters. The van der Waals surface area contributed by atoms with Crippen LogP contribution in [-0.4, -0.2) is 61.1 Å². The number of rotatable bonds is 6. The van der Waals surface area contributed by atoms with Gasteiger partial charge in [-0.1, -0.05) is 40.9 Å². The van der Waals surface area contributed by atoms with Crippen molar-refractivity contribution < 1.29 is 13.9 Å². The number of nitrogens with one attached hydrogen (secondary N) is 1. The van der Waals surface area contributed by atoms with E-state index in [4.69, 9.17) is 44.0 Å². The fourth-order valence-electron chi connectivity index (χ4n) is 4.61. The lowest BCUT2D eigenvalue weighted by Crippen LogP contribution is -2.48. The smallest absolute Gasteiger partial charge is 0.289 e. The fraction of sp³-hybridized carbons (Fsp3) is 0.370. The van der Waals surface area contributed by atoms with Gasteiger partial charge in [-0.3, -0.25) is 9.69 Å². The zero-order valence-corrected chi connectivity index (χ0v) is 22.1. The molecule has 0 saturated carbocycles. The number of piperazine rings is 1. The second kappa shape index (κ2) is 11.4. The molecular weight excluding hydrogens is 521 g/mol. The summed E-state index contributed by atoms with van der Waals surface area (Å²) in [4.78, 5) is 17.2. The Labute approximate surface area is 226 Å². The minimum Gasteiger partial charge on any atom is -0.489 e. The molecule has 1 aromatic heterocycles. The Hall–Kier alpha value is -2.22. The summed E-state index contributed by atoms with van der Waals surface area (Å²) in [5.74, 6) is 1.55. The molecule has 3 heterocycles. The Morgan fingerprint density at radius 1 is 0.917 bits per heavy atom. The molecular formula is C27H28Cl3N3O3. The van der Waals surface area contributed by atoms with E-state index < -0.39 is 0 Å². The number of hydrogen-bond acceptors (Lipinski definition) is 5. The van der Waals surface area contributed by atoms with Crippen LogP contribution in [0.2, 0.25) is 15.1 Å². The molecule has 0 radical (unpaired) electrons. The lowest BCUT2D eigenvalue weighted by atomic mass is 10.1. The highest BCUT2D eigenvalue weighted by molar-refractivity contribution is 6.42. The molecule has 0 aliphatic carbocycles. The Morgan fingerprint density at radius 3 is 2.42 bits per heavy atom. The van der Waals surface area contributed by atoms with Crippen molar-refractivity contribution in [3.05, 3.63) is 74.9 Å². The molecule has 36 heavy (non-hydrogen) atoms. The zero-order chi connectivity index (χ0) is 25.1. The maximum absolute atomic E-state index is 13.0. The van der Waals surface area contributed by atoms with Crippen LogP contribution >= 0.6 is 34.8 Å². The molecule has 2 aliphatic heterocycles. The Kier molecular flexibility index (Phi) is 8.09. The topological polar surface area (TPSA) is 58.0 Å². The van der Waals surface area contributed by atoms with Gasteiger partial charge in [-0.15, -0.1) is 0 Å². The zero-order valence-electron chi connectivity index (χ0n) is 19.8. The molecule has 2 aromatic carbocycles. The Bertz CT molecular complexity index is 1220. The van der Waals surface area contributed by atoms with Gasteiger partial charge >= 0.3 is 0 Å². The number of carbonyl (C=O) groups is 1. The van der Waals surface area contributed by atoms with Crippen molar-refractivity contribution in [2.75, 3.05) is 39.3 Å². The Morgan fingerprint density at radius 2 is 1.69 bits per heavy atom. The van der Waals surface area contributed by atoms with Crippen LogP contribution in [0.4, 0.5) is 0 Å². The molecule has 2 aliphatic rings. The van der Waals surface area contributed by atoms with Crippen molar-refractivity contribution in [3.63, 3.8) is 0 Å². The maximum atomic E-state index is 13.0. The third-order valence-electron chi connectivity index (χ3n) is 6.66. The number of ether oxygens (including phenoxy) is 1. The summed E-state index contributed by atoms with van der Waals surface area (Å²) in [5.41, 5.74) is 1.91. The first-order valence-corrected chi connectivity index (χ1v) is 13.3. The molecule has 0 atom stereocenters. The lowest BCUT2D eigenvalue weighted by Gasteiger charge is -2.34. The van der Waals surface area contributed by atoms with Gasteiger partial charge in [0, 0.05) is 38.3 Å². The van der Waals surface area contributed by atoms with Crippen molar-refractivity contribution >= 4 is 40.7 Å². The molecule has 9 heteroatoms. The van der Waals surface area contributed by atoms with Crippen molar-refractivity contribution in [1.82, 2.24) is 15.1 Å². The monoisotopic (exact) mass is 547 g/mol. The van der Waals surface area contributed by atoms with Crippen LogP contribution in [0.15, 0.2) is 52.9 Å². The largest absolute Gasteiger partial charge is 0.489 e. The summed E-state index contributed by atoms with van der Waals surface area (Å²) in [5, 5.41) is 4.91. The van der Waals surface area contributed by atoms with Gasteiger partial charge in [0.2, 0.25) is 0 Å². The predicted molar refractivity (Wildman–Crippen MR) is 143 cm³/mol. The number of furan rings is 1. The first-order valence-electron chi connectivity index (χ1n) is 12.2. The quantitative estimate of drug-likeness (QED) is 0.410. The van der Waals surface area contributed by atoms with Gasteiger partial charge in [-0.2, -0.15) is 0 Å². The van der Waals surface area contributed by atoms with E-state index in [2.05, 4.69) is 16.3 Å². The minimum atomic E-state index is -0.108. The van der Waals surface area contributed by atoms with Crippen LogP contribution in [0, 0.1) is 0 Å². The van der Waals surface area contributed by atoms with E-state index in [-0.39, 0.29) is 12.0 Å². The summed E-state index contributed by atoms with van der Waals surface area (Å²) in [6.07, 6.45) is 2.21. The Balaban J connectivity index is 1.14. The molecule has 0 spiro atoms. The average Bonchev–Trinajstić information content (AvgIpc) is 3.38. The summed E-state index contributed by atoms with van der Waals surface area (Å²) < 4.78 is 11.9. The van der Waals surface area contributed by atoms with Gasteiger partial charge in [0.1, 0.15) is 17.6 Å². The van der Waals surface area contributed by atoms with Gasteiger partial charge in [0.15, 0.2) is 5.76 Å². The van der Waals surface area contributed by atoms with E-state index in [0.29, 0.717) is 39.7 Å². The van der Waals surface area contributed by atoms with E-state index in [1.165, 1.54) is 0 Å². The fourth-order valence-corrected chi connectivity index (χ4v) is 5.16. The molecule has 1 N–H and O–H groups in total. The molecule has 3 aromatic rings. The van der Waals surface area contributed by atoms with Gasteiger partial charge in [-0.25, -0.2) is 0 Å². The number of hydrogen-bond donors (Lipinski definition) is 1.